The first kappa shape index (κ1) is 17.4. The van der Waals surface area contributed by atoms with Gasteiger partial charge in [0, 0.05) is 27.9 Å². The second kappa shape index (κ2) is 6.95. The number of rotatable bonds is 3. The zero-order valence-corrected chi connectivity index (χ0v) is 15.8. The highest BCUT2D eigenvalue weighted by Crippen LogP contribution is 2.35. The maximum atomic E-state index is 12.5. The molecule has 0 unspecified atom stereocenters. The maximum Gasteiger partial charge on any atom is 0.365 e. The van der Waals surface area contributed by atoms with Crippen LogP contribution in [0, 0.1) is 0 Å². The molecule has 0 aliphatic carbocycles. The van der Waals surface area contributed by atoms with E-state index in [9.17, 15) is 4.79 Å². The van der Waals surface area contributed by atoms with E-state index in [2.05, 4.69) is 11.1 Å². The molecule has 2 heterocycles. The van der Waals surface area contributed by atoms with Crippen LogP contribution in [0.4, 0.5) is 0 Å². The monoisotopic (exact) mass is 389 g/mol. The molecule has 2 aromatic carbocycles. The van der Waals surface area contributed by atoms with Gasteiger partial charge in [0.1, 0.15) is 0 Å². The number of carbonyl (C=O) groups excluding carboxylic acids is 1. The summed E-state index contributed by atoms with van der Waals surface area (Å²) >= 11 is 12.5. The number of carbonyl (C=O) groups is 1. The van der Waals surface area contributed by atoms with Crippen LogP contribution in [0.2, 0.25) is 10.0 Å². The average Bonchev–Trinajstić information content (AvgIpc) is 3.00. The number of nitrogens with two attached hydrogens (primary N) is 1. The van der Waals surface area contributed by atoms with E-state index in [1.165, 1.54) is 0 Å². The summed E-state index contributed by atoms with van der Waals surface area (Å²) in [7, 11) is 0. The van der Waals surface area contributed by atoms with Gasteiger partial charge in [-0.3, -0.25) is 0 Å². The molecule has 4 rings (SSSR count). The van der Waals surface area contributed by atoms with Gasteiger partial charge in [-0.15, -0.1) is 0 Å². The highest BCUT2D eigenvalue weighted by atomic mass is 35.5. The van der Waals surface area contributed by atoms with E-state index in [-0.39, 0.29) is 18.1 Å². The first-order valence-electron chi connectivity index (χ1n) is 8.64. The molecule has 134 valence electrons. The van der Waals surface area contributed by atoms with Gasteiger partial charge in [-0.05, 0) is 36.8 Å². The van der Waals surface area contributed by atoms with Gasteiger partial charge >= 0.3 is 5.97 Å². The highest BCUT2D eigenvalue weighted by molar-refractivity contribution is 6.35. The molecule has 3 aromatic rings. The number of aromatic amines is 1. The summed E-state index contributed by atoms with van der Waals surface area (Å²) in [5.74, 6) is -0.196. The SMILES string of the molecule is CCOC(=O)[C@@H]1Cc2c([nH]c3ccccc23)[C@H](c2ccc(Cl)cc2Cl)[NH2+]1. The van der Waals surface area contributed by atoms with Gasteiger partial charge in [0.15, 0.2) is 12.1 Å². The summed E-state index contributed by atoms with van der Waals surface area (Å²) in [6.07, 6.45) is 0.625. The van der Waals surface area contributed by atoms with Gasteiger partial charge in [-0.25, -0.2) is 4.79 Å². The number of hydrogen-bond donors (Lipinski definition) is 2. The lowest BCUT2D eigenvalue weighted by molar-refractivity contribution is -0.712. The maximum absolute atomic E-state index is 12.5. The fraction of sp³-hybridized carbons (Fsp3) is 0.250. The Bertz CT molecular complexity index is 983. The summed E-state index contributed by atoms with van der Waals surface area (Å²) in [6.45, 7) is 2.20. The summed E-state index contributed by atoms with van der Waals surface area (Å²) in [6, 6.07) is 13.2. The number of hydrogen-bond acceptors (Lipinski definition) is 2. The Labute approximate surface area is 161 Å². The van der Waals surface area contributed by atoms with Gasteiger partial charge in [0.2, 0.25) is 0 Å². The van der Waals surface area contributed by atoms with Crippen molar-refractivity contribution < 1.29 is 14.8 Å². The molecule has 1 aromatic heterocycles. The number of ether oxygens (including phenoxy) is 1. The molecule has 1 aliphatic heterocycles. The standard InChI is InChI=1S/C20H18Cl2N2O2/c1-2-26-20(25)17-10-14-12-5-3-4-6-16(12)23-19(14)18(24-17)13-8-7-11(21)9-15(13)22/h3-9,17-18,23-24H,2,10H2,1H3/p+1/t17-,18-/m0/s1. The fourth-order valence-corrected chi connectivity index (χ4v) is 4.27. The van der Waals surface area contributed by atoms with Gasteiger partial charge in [-0.2, -0.15) is 0 Å². The molecule has 0 amide bonds. The zero-order valence-electron chi connectivity index (χ0n) is 14.3. The molecule has 0 saturated carbocycles. The van der Waals surface area contributed by atoms with Gasteiger partial charge in [0.25, 0.3) is 0 Å². The predicted molar refractivity (Wildman–Crippen MR) is 103 cm³/mol. The molecular formula is C20H19Cl2N2O2+. The summed E-state index contributed by atoms with van der Waals surface area (Å²) < 4.78 is 5.28. The average molecular weight is 390 g/mol. The van der Waals surface area contributed by atoms with Crippen molar-refractivity contribution >= 4 is 40.1 Å². The van der Waals surface area contributed by atoms with Crippen molar-refractivity contribution in [3.05, 3.63) is 69.3 Å². The number of halogens is 2. The minimum atomic E-state index is -0.307. The van der Waals surface area contributed by atoms with Crippen molar-refractivity contribution in [2.24, 2.45) is 0 Å². The largest absolute Gasteiger partial charge is 0.462 e. The lowest BCUT2D eigenvalue weighted by atomic mass is 9.90. The minimum Gasteiger partial charge on any atom is -0.462 e. The van der Waals surface area contributed by atoms with E-state index in [4.69, 9.17) is 27.9 Å². The Balaban J connectivity index is 1.86. The molecule has 26 heavy (non-hydrogen) atoms. The number of H-pyrrole nitrogens is 1. The fourth-order valence-electron chi connectivity index (χ4n) is 3.75. The van der Waals surface area contributed by atoms with Crippen molar-refractivity contribution in [3.63, 3.8) is 0 Å². The summed E-state index contributed by atoms with van der Waals surface area (Å²) in [4.78, 5) is 16.0. The third kappa shape index (κ3) is 2.98. The first-order chi connectivity index (χ1) is 12.6. The molecule has 4 nitrogen and oxygen atoms in total. The summed E-state index contributed by atoms with van der Waals surface area (Å²) in [5.41, 5.74) is 4.22. The Hall–Kier alpha value is -2.01. The molecule has 0 spiro atoms. The molecule has 6 heteroatoms. The van der Waals surface area contributed by atoms with Crippen molar-refractivity contribution in [2.75, 3.05) is 6.61 Å². The third-order valence-electron chi connectivity index (χ3n) is 4.89. The Morgan fingerprint density at radius 2 is 2.08 bits per heavy atom. The lowest BCUT2D eigenvalue weighted by Crippen LogP contribution is -2.94. The van der Waals surface area contributed by atoms with E-state index < -0.39 is 0 Å². The second-order valence-electron chi connectivity index (χ2n) is 6.46. The zero-order chi connectivity index (χ0) is 18.3. The second-order valence-corrected chi connectivity index (χ2v) is 7.31. The van der Waals surface area contributed by atoms with Crippen LogP contribution in [-0.2, 0) is 16.0 Å². The van der Waals surface area contributed by atoms with Crippen LogP contribution in [0.5, 0.6) is 0 Å². The van der Waals surface area contributed by atoms with Gasteiger partial charge in [-0.1, -0.05) is 41.4 Å². The quantitative estimate of drug-likeness (QED) is 0.672. The van der Waals surface area contributed by atoms with E-state index in [0.717, 1.165) is 27.7 Å². The van der Waals surface area contributed by atoms with Crippen LogP contribution in [0.15, 0.2) is 42.5 Å². The number of benzene rings is 2. The number of esters is 1. The number of fused-ring (bicyclic) bond motifs is 3. The molecule has 0 fully saturated rings. The molecule has 1 aliphatic rings. The van der Waals surface area contributed by atoms with Crippen molar-refractivity contribution in [3.8, 4) is 0 Å². The third-order valence-corrected chi connectivity index (χ3v) is 5.46. The molecule has 3 N–H and O–H groups in total. The molecular weight excluding hydrogens is 371 g/mol. The lowest BCUT2D eigenvalue weighted by Gasteiger charge is -2.27. The van der Waals surface area contributed by atoms with E-state index in [1.807, 2.05) is 42.6 Å². The van der Waals surface area contributed by atoms with Crippen molar-refractivity contribution in [2.45, 2.75) is 25.4 Å². The van der Waals surface area contributed by atoms with E-state index in [1.54, 1.807) is 6.07 Å². The highest BCUT2D eigenvalue weighted by Gasteiger charge is 2.39. The van der Waals surface area contributed by atoms with Crippen LogP contribution < -0.4 is 5.32 Å². The molecule has 0 saturated heterocycles. The van der Waals surface area contributed by atoms with Crippen LogP contribution in [0.1, 0.15) is 29.8 Å². The number of nitrogens with one attached hydrogen (secondary N) is 1. The van der Waals surface area contributed by atoms with Crippen LogP contribution >= 0.6 is 23.2 Å². The Kier molecular flexibility index (Phi) is 4.65. The van der Waals surface area contributed by atoms with Crippen LogP contribution in [0.3, 0.4) is 0 Å². The number of quaternary nitrogens is 1. The first-order valence-corrected chi connectivity index (χ1v) is 9.40. The predicted octanol–water partition coefficient (Wildman–Crippen LogP) is 3.62. The Morgan fingerprint density at radius 1 is 1.27 bits per heavy atom. The smallest absolute Gasteiger partial charge is 0.365 e. The number of para-hydroxylation sites is 1. The van der Waals surface area contributed by atoms with Gasteiger partial charge in [0.05, 0.1) is 17.3 Å². The molecule has 2 atom stereocenters. The van der Waals surface area contributed by atoms with Crippen LogP contribution in [0.25, 0.3) is 10.9 Å². The molecule has 0 bridgehead atoms. The van der Waals surface area contributed by atoms with Crippen LogP contribution in [-0.4, -0.2) is 23.6 Å². The normalized spacial score (nSPS) is 19.3. The summed E-state index contributed by atoms with van der Waals surface area (Å²) in [5, 5.41) is 4.35. The van der Waals surface area contributed by atoms with Gasteiger partial charge < -0.3 is 15.0 Å². The Morgan fingerprint density at radius 3 is 2.85 bits per heavy atom. The molecule has 0 radical (unpaired) electrons. The topological polar surface area (TPSA) is 58.7 Å². The van der Waals surface area contributed by atoms with Crippen molar-refractivity contribution in [1.29, 1.82) is 0 Å². The van der Waals surface area contributed by atoms with E-state index >= 15 is 0 Å². The number of aromatic nitrogens is 1. The van der Waals surface area contributed by atoms with E-state index in [0.29, 0.717) is 23.1 Å². The minimum absolute atomic E-state index is 0.120. The van der Waals surface area contributed by atoms with Crippen molar-refractivity contribution in [1.82, 2.24) is 4.98 Å².